The zero-order valence-corrected chi connectivity index (χ0v) is 14.6. The number of carbonyl (C=O) groups excluding carboxylic acids is 2. The highest BCUT2D eigenvalue weighted by atomic mass is 16.3. The van der Waals surface area contributed by atoms with Gasteiger partial charge in [-0.3, -0.25) is 14.3 Å². The first-order valence-electron chi connectivity index (χ1n) is 8.24. The highest BCUT2D eigenvalue weighted by molar-refractivity contribution is 6.39. The number of anilines is 1. The summed E-state index contributed by atoms with van der Waals surface area (Å²) < 4.78 is 7.09. The Bertz CT molecular complexity index is 851. The summed E-state index contributed by atoms with van der Waals surface area (Å²) in [6.45, 7) is 4.02. The molecule has 0 spiro atoms. The van der Waals surface area contributed by atoms with Gasteiger partial charge in [-0.2, -0.15) is 5.10 Å². The summed E-state index contributed by atoms with van der Waals surface area (Å²) in [6.07, 6.45) is 4.97. The molecule has 0 bridgehead atoms. The number of hydrogen-bond donors (Lipinski definition) is 2. The summed E-state index contributed by atoms with van der Waals surface area (Å²) in [5.41, 5.74) is 2.60. The highest BCUT2D eigenvalue weighted by Gasteiger charge is 2.21. The summed E-state index contributed by atoms with van der Waals surface area (Å²) in [5.74, 6) is -0.782. The molecule has 1 aromatic carbocycles. The summed E-state index contributed by atoms with van der Waals surface area (Å²) in [5, 5.41) is 9.48. The molecular weight excluding hydrogens is 332 g/mol. The van der Waals surface area contributed by atoms with Crippen LogP contribution in [-0.2, 0) is 9.59 Å². The van der Waals surface area contributed by atoms with E-state index in [1.54, 1.807) is 47.6 Å². The van der Waals surface area contributed by atoms with Crippen LogP contribution in [-0.4, -0.2) is 28.1 Å². The van der Waals surface area contributed by atoms with Gasteiger partial charge in [0, 0.05) is 24.6 Å². The molecular formula is C19H20N4O3. The van der Waals surface area contributed by atoms with Crippen molar-refractivity contribution in [2.75, 3.05) is 11.9 Å². The fourth-order valence-electron chi connectivity index (χ4n) is 2.61. The van der Waals surface area contributed by atoms with E-state index < -0.39 is 11.8 Å². The number of nitrogens with one attached hydrogen (secondary N) is 2. The molecule has 26 heavy (non-hydrogen) atoms. The lowest BCUT2D eigenvalue weighted by molar-refractivity contribution is -0.136. The molecule has 0 saturated heterocycles. The average molecular weight is 352 g/mol. The van der Waals surface area contributed by atoms with Crippen LogP contribution < -0.4 is 10.6 Å². The Morgan fingerprint density at radius 2 is 2.00 bits per heavy atom. The van der Waals surface area contributed by atoms with Crippen molar-refractivity contribution < 1.29 is 14.0 Å². The van der Waals surface area contributed by atoms with Gasteiger partial charge in [-0.1, -0.05) is 12.1 Å². The predicted molar refractivity (Wildman–Crippen MR) is 96.6 cm³/mol. The summed E-state index contributed by atoms with van der Waals surface area (Å²) >= 11 is 0. The van der Waals surface area contributed by atoms with Gasteiger partial charge < -0.3 is 15.1 Å². The van der Waals surface area contributed by atoms with E-state index in [4.69, 9.17) is 4.42 Å². The zero-order chi connectivity index (χ0) is 18.5. The van der Waals surface area contributed by atoms with Crippen molar-refractivity contribution in [3.63, 3.8) is 0 Å². The maximum absolute atomic E-state index is 12.2. The fourth-order valence-corrected chi connectivity index (χ4v) is 2.61. The molecule has 0 radical (unpaired) electrons. The lowest BCUT2D eigenvalue weighted by Gasteiger charge is -2.16. The topological polar surface area (TPSA) is 89.2 Å². The Morgan fingerprint density at radius 1 is 1.15 bits per heavy atom. The molecule has 0 aliphatic carbocycles. The first kappa shape index (κ1) is 17.5. The maximum Gasteiger partial charge on any atom is 0.313 e. The lowest BCUT2D eigenvalue weighted by Crippen LogP contribution is -2.39. The third-order valence-corrected chi connectivity index (χ3v) is 4.23. The van der Waals surface area contributed by atoms with Crippen molar-refractivity contribution in [2.24, 2.45) is 0 Å². The zero-order valence-electron chi connectivity index (χ0n) is 14.6. The van der Waals surface area contributed by atoms with E-state index in [0.717, 1.165) is 11.1 Å². The smallest absolute Gasteiger partial charge is 0.313 e. The molecule has 7 nitrogen and oxygen atoms in total. The number of nitrogens with zero attached hydrogens (tertiary/aromatic N) is 2. The molecule has 0 aliphatic rings. The van der Waals surface area contributed by atoms with Crippen LogP contribution in [0.15, 0.2) is 59.5 Å². The van der Waals surface area contributed by atoms with Crippen molar-refractivity contribution in [3.8, 4) is 0 Å². The largest absolute Gasteiger partial charge is 0.467 e. The van der Waals surface area contributed by atoms with Crippen molar-refractivity contribution in [3.05, 3.63) is 71.9 Å². The molecule has 2 amide bonds. The van der Waals surface area contributed by atoms with Gasteiger partial charge in [-0.15, -0.1) is 0 Å². The first-order chi connectivity index (χ1) is 12.6. The van der Waals surface area contributed by atoms with Gasteiger partial charge in [0.15, 0.2) is 0 Å². The minimum Gasteiger partial charge on any atom is -0.467 e. The van der Waals surface area contributed by atoms with Crippen LogP contribution in [0.3, 0.4) is 0 Å². The average Bonchev–Trinajstić information content (AvgIpc) is 3.33. The van der Waals surface area contributed by atoms with Crippen LogP contribution in [0.2, 0.25) is 0 Å². The third kappa shape index (κ3) is 3.83. The molecule has 3 aromatic rings. The molecule has 0 saturated carbocycles. The number of carbonyl (C=O) groups is 2. The molecule has 2 N–H and O–H groups in total. The number of amides is 2. The van der Waals surface area contributed by atoms with Gasteiger partial charge in [-0.25, -0.2) is 0 Å². The minimum atomic E-state index is -0.713. The molecule has 1 atom stereocenters. The van der Waals surface area contributed by atoms with Gasteiger partial charge in [0.2, 0.25) is 0 Å². The first-order valence-corrected chi connectivity index (χ1v) is 8.24. The Morgan fingerprint density at radius 3 is 2.69 bits per heavy atom. The van der Waals surface area contributed by atoms with Crippen molar-refractivity contribution in [1.82, 2.24) is 15.1 Å². The van der Waals surface area contributed by atoms with E-state index in [-0.39, 0.29) is 12.6 Å². The van der Waals surface area contributed by atoms with E-state index >= 15 is 0 Å². The van der Waals surface area contributed by atoms with Gasteiger partial charge in [0.1, 0.15) is 11.8 Å². The number of rotatable bonds is 5. The molecule has 1 unspecified atom stereocenters. The second-order valence-electron chi connectivity index (χ2n) is 5.93. The Hall–Kier alpha value is -3.35. The van der Waals surface area contributed by atoms with E-state index in [1.165, 1.54) is 0 Å². The number of benzene rings is 1. The Balaban J connectivity index is 1.65. The van der Waals surface area contributed by atoms with Crippen molar-refractivity contribution in [1.29, 1.82) is 0 Å². The predicted octanol–water partition coefficient (Wildman–Crippen LogP) is 2.44. The number of aromatic nitrogens is 2. The summed E-state index contributed by atoms with van der Waals surface area (Å²) in [7, 11) is 0. The minimum absolute atomic E-state index is 0.175. The lowest BCUT2D eigenvalue weighted by atomic mass is 10.1. The third-order valence-electron chi connectivity index (χ3n) is 4.23. The number of aryl methyl sites for hydroxylation is 1. The molecule has 0 fully saturated rings. The van der Waals surface area contributed by atoms with Gasteiger partial charge in [-0.05, 0) is 49.2 Å². The second-order valence-corrected chi connectivity index (χ2v) is 5.93. The van der Waals surface area contributed by atoms with E-state index in [0.29, 0.717) is 11.4 Å². The molecule has 134 valence electrons. The van der Waals surface area contributed by atoms with Crippen molar-refractivity contribution >= 4 is 17.5 Å². The molecule has 7 heteroatoms. The molecule has 2 aromatic heterocycles. The van der Waals surface area contributed by atoms with Crippen LogP contribution in [0, 0.1) is 13.8 Å². The molecule has 3 rings (SSSR count). The van der Waals surface area contributed by atoms with Crippen LogP contribution in [0.4, 0.5) is 5.69 Å². The SMILES string of the molecule is Cc1cccc(NC(=O)C(=O)NCC(c2ccco2)n2cccn2)c1C. The fraction of sp³-hybridized carbons (Fsp3) is 0.211. The summed E-state index contributed by atoms with van der Waals surface area (Å²) in [4.78, 5) is 24.4. The van der Waals surface area contributed by atoms with Crippen molar-refractivity contribution in [2.45, 2.75) is 19.9 Å². The molecule has 2 heterocycles. The van der Waals surface area contributed by atoms with E-state index in [1.807, 2.05) is 26.0 Å². The van der Waals surface area contributed by atoms with Crippen LogP contribution in [0.5, 0.6) is 0 Å². The van der Waals surface area contributed by atoms with Crippen LogP contribution in [0.1, 0.15) is 22.9 Å². The maximum atomic E-state index is 12.2. The van der Waals surface area contributed by atoms with E-state index in [9.17, 15) is 9.59 Å². The number of hydrogen-bond acceptors (Lipinski definition) is 4. The van der Waals surface area contributed by atoms with Gasteiger partial charge in [0.25, 0.3) is 0 Å². The standard InChI is InChI=1S/C19H20N4O3/c1-13-6-3-7-15(14(13)2)22-19(25)18(24)20-12-16(17-8-4-11-26-17)23-10-5-9-21-23/h3-11,16H,12H2,1-2H3,(H,20,24)(H,22,25). The quantitative estimate of drug-likeness (QED) is 0.690. The van der Waals surface area contributed by atoms with Gasteiger partial charge in [0.05, 0.1) is 6.26 Å². The second kappa shape index (κ2) is 7.69. The summed E-state index contributed by atoms with van der Waals surface area (Å²) in [6, 6.07) is 10.6. The highest BCUT2D eigenvalue weighted by Crippen LogP contribution is 2.18. The van der Waals surface area contributed by atoms with Crippen LogP contribution in [0.25, 0.3) is 0 Å². The monoisotopic (exact) mass is 352 g/mol. The van der Waals surface area contributed by atoms with E-state index in [2.05, 4.69) is 15.7 Å². The van der Waals surface area contributed by atoms with Gasteiger partial charge >= 0.3 is 11.8 Å². The Kier molecular flexibility index (Phi) is 5.17. The van der Waals surface area contributed by atoms with Crippen LogP contribution >= 0.6 is 0 Å². The normalized spacial score (nSPS) is 11.8. The molecule has 0 aliphatic heterocycles. The Labute approximate surface area is 151 Å². The number of furan rings is 1.